The molecule has 0 bridgehead atoms. The summed E-state index contributed by atoms with van der Waals surface area (Å²) in [6, 6.07) is 2.37. The highest BCUT2D eigenvalue weighted by molar-refractivity contribution is 4.97. The van der Waals surface area contributed by atoms with Crippen LogP contribution in [0.5, 0.6) is 0 Å². The molecule has 0 saturated carbocycles. The Balaban J connectivity index is 2.14. The molecule has 2 rings (SSSR count). The van der Waals surface area contributed by atoms with E-state index < -0.39 is 0 Å². The van der Waals surface area contributed by atoms with Gasteiger partial charge in [-0.25, -0.2) is 0 Å². The SMILES string of the molecule is Cc1ccn(C2COCCC2N)n1. The number of rotatable bonds is 1. The fourth-order valence-electron chi connectivity index (χ4n) is 1.63. The van der Waals surface area contributed by atoms with Gasteiger partial charge in [0.2, 0.25) is 0 Å². The van der Waals surface area contributed by atoms with E-state index in [1.165, 1.54) is 0 Å². The first-order valence-corrected chi connectivity index (χ1v) is 4.62. The Labute approximate surface area is 77.7 Å². The normalized spacial score (nSPS) is 29.1. The third kappa shape index (κ3) is 1.73. The zero-order valence-corrected chi connectivity index (χ0v) is 7.81. The minimum atomic E-state index is 0.174. The van der Waals surface area contributed by atoms with Crippen LogP contribution in [0.15, 0.2) is 12.3 Å². The highest BCUT2D eigenvalue weighted by Crippen LogP contribution is 2.17. The molecule has 2 N–H and O–H groups in total. The molecule has 0 spiro atoms. The quantitative estimate of drug-likeness (QED) is 0.685. The Kier molecular flexibility index (Phi) is 2.33. The largest absolute Gasteiger partial charge is 0.379 e. The lowest BCUT2D eigenvalue weighted by atomic mass is 10.1. The van der Waals surface area contributed by atoms with Gasteiger partial charge in [-0.2, -0.15) is 5.10 Å². The Morgan fingerprint density at radius 3 is 3.15 bits per heavy atom. The molecule has 72 valence electrons. The summed E-state index contributed by atoms with van der Waals surface area (Å²) in [5.41, 5.74) is 7.01. The lowest BCUT2D eigenvalue weighted by Crippen LogP contribution is -2.40. The summed E-state index contributed by atoms with van der Waals surface area (Å²) >= 11 is 0. The molecule has 1 saturated heterocycles. The van der Waals surface area contributed by atoms with Crippen LogP contribution in [0.25, 0.3) is 0 Å². The van der Waals surface area contributed by atoms with E-state index in [2.05, 4.69) is 5.10 Å². The smallest absolute Gasteiger partial charge is 0.0903 e. The van der Waals surface area contributed by atoms with Crippen molar-refractivity contribution in [2.75, 3.05) is 13.2 Å². The molecule has 1 aromatic heterocycles. The molecule has 4 nitrogen and oxygen atoms in total. The number of aromatic nitrogens is 2. The summed E-state index contributed by atoms with van der Waals surface area (Å²) in [5.74, 6) is 0. The summed E-state index contributed by atoms with van der Waals surface area (Å²) in [6.07, 6.45) is 2.89. The molecular formula is C9H15N3O. The number of ether oxygens (including phenoxy) is 1. The van der Waals surface area contributed by atoms with E-state index in [-0.39, 0.29) is 12.1 Å². The Bertz CT molecular complexity index is 284. The van der Waals surface area contributed by atoms with Crippen LogP contribution in [0.2, 0.25) is 0 Å². The highest BCUT2D eigenvalue weighted by Gasteiger charge is 2.24. The molecule has 0 aliphatic carbocycles. The highest BCUT2D eigenvalue weighted by atomic mass is 16.5. The number of aryl methyl sites for hydroxylation is 1. The van der Waals surface area contributed by atoms with Gasteiger partial charge >= 0.3 is 0 Å². The topological polar surface area (TPSA) is 53.1 Å². The van der Waals surface area contributed by atoms with Crippen LogP contribution >= 0.6 is 0 Å². The first kappa shape index (κ1) is 8.72. The van der Waals surface area contributed by atoms with Crippen molar-refractivity contribution in [3.8, 4) is 0 Å². The van der Waals surface area contributed by atoms with Gasteiger partial charge in [0.25, 0.3) is 0 Å². The summed E-state index contributed by atoms with van der Waals surface area (Å²) in [6.45, 7) is 3.44. The molecule has 13 heavy (non-hydrogen) atoms. The van der Waals surface area contributed by atoms with Crippen LogP contribution in [-0.2, 0) is 4.74 Å². The Hall–Kier alpha value is -0.870. The Morgan fingerprint density at radius 2 is 2.54 bits per heavy atom. The van der Waals surface area contributed by atoms with Gasteiger partial charge in [-0.3, -0.25) is 4.68 Å². The van der Waals surface area contributed by atoms with Crippen LogP contribution in [0.1, 0.15) is 18.2 Å². The summed E-state index contributed by atoms with van der Waals surface area (Å²) in [5, 5.41) is 4.34. The average molecular weight is 181 g/mol. The predicted octanol–water partition coefficient (Wildman–Crippen LogP) is 0.480. The average Bonchev–Trinajstić information content (AvgIpc) is 2.53. The summed E-state index contributed by atoms with van der Waals surface area (Å²) in [7, 11) is 0. The standard InChI is InChI=1S/C9H15N3O/c1-7-2-4-12(11-7)9-6-13-5-3-8(9)10/h2,4,8-9H,3,5-6,10H2,1H3. The molecular weight excluding hydrogens is 166 g/mol. The van der Waals surface area contributed by atoms with Crippen molar-refractivity contribution in [3.63, 3.8) is 0 Å². The first-order chi connectivity index (χ1) is 6.27. The second-order valence-corrected chi connectivity index (χ2v) is 3.53. The maximum absolute atomic E-state index is 5.98. The van der Waals surface area contributed by atoms with Crippen molar-refractivity contribution in [2.24, 2.45) is 5.73 Å². The van der Waals surface area contributed by atoms with E-state index in [1.807, 2.05) is 23.9 Å². The second kappa shape index (κ2) is 3.47. The third-order valence-corrected chi connectivity index (χ3v) is 2.46. The molecule has 0 aromatic carbocycles. The lowest BCUT2D eigenvalue weighted by Gasteiger charge is -2.28. The van der Waals surface area contributed by atoms with E-state index in [0.717, 1.165) is 18.7 Å². The molecule has 2 heterocycles. The van der Waals surface area contributed by atoms with Crippen molar-refractivity contribution in [3.05, 3.63) is 18.0 Å². The van der Waals surface area contributed by atoms with Crippen molar-refractivity contribution in [1.82, 2.24) is 9.78 Å². The van der Waals surface area contributed by atoms with Gasteiger partial charge in [0.15, 0.2) is 0 Å². The van der Waals surface area contributed by atoms with Crippen LogP contribution < -0.4 is 5.73 Å². The molecule has 2 unspecified atom stereocenters. The number of hydrogen-bond donors (Lipinski definition) is 1. The van der Waals surface area contributed by atoms with E-state index in [1.54, 1.807) is 0 Å². The molecule has 0 radical (unpaired) electrons. The minimum Gasteiger partial charge on any atom is -0.379 e. The first-order valence-electron chi connectivity index (χ1n) is 4.62. The lowest BCUT2D eigenvalue weighted by molar-refractivity contribution is 0.0424. The van der Waals surface area contributed by atoms with Crippen molar-refractivity contribution in [1.29, 1.82) is 0 Å². The second-order valence-electron chi connectivity index (χ2n) is 3.53. The fourth-order valence-corrected chi connectivity index (χ4v) is 1.63. The van der Waals surface area contributed by atoms with Gasteiger partial charge in [-0.05, 0) is 19.4 Å². The van der Waals surface area contributed by atoms with Gasteiger partial charge in [0, 0.05) is 18.8 Å². The number of nitrogens with zero attached hydrogens (tertiary/aromatic N) is 2. The molecule has 1 aliphatic heterocycles. The van der Waals surface area contributed by atoms with E-state index in [4.69, 9.17) is 10.5 Å². The van der Waals surface area contributed by atoms with Crippen molar-refractivity contribution >= 4 is 0 Å². The van der Waals surface area contributed by atoms with E-state index >= 15 is 0 Å². The van der Waals surface area contributed by atoms with Crippen molar-refractivity contribution < 1.29 is 4.74 Å². The maximum Gasteiger partial charge on any atom is 0.0903 e. The van der Waals surface area contributed by atoms with Gasteiger partial charge in [0.05, 0.1) is 18.3 Å². The number of hydrogen-bond acceptors (Lipinski definition) is 3. The molecule has 1 fully saturated rings. The Morgan fingerprint density at radius 1 is 1.69 bits per heavy atom. The van der Waals surface area contributed by atoms with Gasteiger partial charge in [-0.1, -0.05) is 0 Å². The summed E-state index contributed by atoms with van der Waals surface area (Å²) in [4.78, 5) is 0. The minimum absolute atomic E-state index is 0.174. The summed E-state index contributed by atoms with van der Waals surface area (Å²) < 4.78 is 7.29. The number of nitrogens with two attached hydrogens (primary N) is 1. The van der Waals surface area contributed by atoms with Crippen molar-refractivity contribution in [2.45, 2.75) is 25.4 Å². The molecule has 2 atom stereocenters. The van der Waals surface area contributed by atoms with Crippen LogP contribution in [0, 0.1) is 6.92 Å². The van der Waals surface area contributed by atoms with Crippen LogP contribution in [0.3, 0.4) is 0 Å². The van der Waals surface area contributed by atoms with Gasteiger partial charge in [0.1, 0.15) is 0 Å². The molecule has 1 aromatic rings. The van der Waals surface area contributed by atoms with Gasteiger partial charge < -0.3 is 10.5 Å². The van der Waals surface area contributed by atoms with E-state index in [0.29, 0.717) is 6.61 Å². The molecule has 1 aliphatic rings. The third-order valence-electron chi connectivity index (χ3n) is 2.46. The van der Waals surface area contributed by atoms with E-state index in [9.17, 15) is 0 Å². The van der Waals surface area contributed by atoms with Crippen LogP contribution in [0.4, 0.5) is 0 Å². The molecule has 4 heteroatoms. The predicted molar refractivity (Wildman–Crippen MR) is 49.4 cm³/mol. The monoisotopic (exact) mass is 181 g/mol. The van der Waals surface area contributed by atoms with Crippen LogP contribution in [-0.4, -0.2) is 29.0 Å². The maximum atomic E-state index is 5.98. The zero-order chi connectivity index (χ0) is 9.26. The van der Waals surface area contributed by atoms with Gasteiger partial charge in [-0.15, -0.1) is 0 Å². The fraction of sp³-hybridized carbons (Fsp3) is 0.667. The molecule has 0 amide bonds. The zero-order valence-electron chi connectivity index (χ0n) is 7.81.